The molecule has 0 spiro atoms. The molecule has 0 saturated heterocycles. The number of aromatic nitrogens is 2. The maximum Gasteiger partial charge on any atom is 0.408 e. The van der Waals surface area contributed by atoms with Crippen molar-refractivity contribution in [3.8, 4) is 0 Å². The first-order valence-corrected chi connectivity index (χ1v) is 6.96. The summed E-state index contributed by atoms with van der Waals surface area (Å²) in [5.41, 5.74) is -0.409. The molecule has 20 heavy (non-hydrogen) atoms. The van der Waals surface area contributed by atoms with Crippen LogP contribution in [0.3, 0.4) is 0 Å². The van der Waals surface area contributed by atoms with Crippen LogP contribution in [0.4, 0.5) is 18.9 Å². The van der Waals surface area contributed by atoms with Crippen molar-refractivity contribution < 1.29 is 13.2 Å². The molecule has 0 unspecified atom stereocenters. The van der Waals surface area contributed by atoms with Gasteiger partial charge in [0.1, 0.15) is 11.0 Å². The zero-order valence-corrected chi connectivity index (χ0v) is 12.1. The minimum Gasteiger partial charge on any atom is -0.381 e. The number of nitrogens with zero attached hydrogens (tertiary/aromatic N) is 2. The predicted octanol–water partition coefficient (Wildman–Crippen LogP) is 1.73. The van der Waals surface area contributed by atoms with Gasteiger partial charge in [0.2, 0.25) is 0 Å². The molecule has 2 N–H and O–H groups in total. The molecule has 0 radical (unpaired) electrons. The molecule has 9 heteroatoms. The summed E-state index contributed by atoms with van der Waals surface area (Å²) in [5.74, 6) is 0. The van der Waals surface area contributed by atoms with E-state index in [-0.39, 0.29) is 4.47 Å². The van der Waals surface area contributed by atoms with Gasteiger partial charge in [0.05, 0.1) is 11.9 Å². The Hall–Kier alpha value is -1.09. The first-order valence-electron chi connectivity index (χ1n) is 6.16. The highest BCUT2D eigenvalue weighted by Crippen LogP contribution is 2.20. The molecule has 1 aliphatic rings. The molecule has 0 atom stereocenters. The minimum absolute atomic E-state index is 0.0585. The van der Waals surface area contributed by atoms with Crippen LogP contribution in [0.15, 0.2) is 15.5 Å². The van der Waals surface area contributed by atoms with E-state index in [0.717, 1.165) is 6.54 Å². The maximum atomic E-state index is 12.2. The van der Waals surface area contributed by atoms with Gasteiger partial charge in [-0.25, -0.2) is 4.68 Å². The zero-order chi connectivity index (χ0) is 14.8. The van der Waals surface area contributed by atoms with E-state index in [4.69, 9.17) is 0 Å². The molecule has 1 heterocycles. The van der Waals surface area contributed by atoms with Crippen LogP contribution in [0.25, 0.3) is 0 Å². The molecule has 1 saturated carbocycles. The number of anilines is 1. The van der Waals surface area contributed by atoms with Gasteiger partial charge in [-0.2, -0.15) is 18.3 Å². The normalized spacial score (nSPS) is 15.4. The number of rotatable bonds is 6. The lowest BCUT2D eigenvalue weighted by molar-refractivity contribution is -0.143. The van der Waals surface area contributed by atoms with Gasteiger partial charge in [-0.15, -0.1) is 0 Å². The summed E-state index contributed by atoms with van der Waals surface area (Å²) in [6.45, 7) is -0.101. The number of hydrogen-bond acceptors (Lipinski definition) is 4. The third kappa shape index (κ3) is 4.48. The molecule has 0 aromatic carbocycles. The highest BCUT2D eigenvalue weighted by Gasteiger charge is 2.29. The largest absolute Gasteiger partial charge is 0.408 e. The van der Waals surface area contributed by atoms with E-state index in [1.807, 2.05) is 0 Å². The summed E-state index contributed by atoms with van der Waals surface area (Å²) in [5, 5.41) is 9.76. The Morgan fingerprint density at radius 2 is 2.10 bits per heavy atom. The van der Waals surface area contributed by atoms with Gasteiger partial charge < -0.3 is 10.6 Å². The molecule has 112 valence electrons. The molecule has 1 aromatic rings. The van der Waals surface area contributed by atoms with Gasteiger partial charge in [0.15, 0.2) is 0 Å². The fourth-order valence-corrected chi connectivity index (χ4v) is 2.08. The summed E-state index contributed by atoms with van der Waals surface area (Å²) in [6, 6.07) is 0.582. The Balaban J connectivity index is 1.96. The van der Waals surface area contributed by atoms with E-state index >= 15 is 0 Å². The quantitative estimate of drug-likeness (QED) is 0.764. The third-order valence-electron chi connectivity index (χ3n) is 2.76. The number of halogens is 4. The number of nitrogens with one attached hydrogen (secondary N) is 2. The van der Waals surface area contributed by atoms with Gasteiger partial charge in [-0.05, 0) is 28.8 Å². The summed E-state index contributed by atoms with van der Waals surface area (Å²) in [6.07, 6.45) is -0.898. The van der Waals surface area contributed by atoms with E-state index in [1.54, 1.807) is 0 Å². The minimum atomic E-state index is -4.47. The Kier molecular flexibility index (Phi) is 4.69. The van der Waals surface area contributed by atoms with Gasteiger partial charge in [-0.1, -0.05) is 0 Å². The molecule has 2 rings (SSSR count). The molecule has 1 fully saturated rings. The lowest BCUT2D eigenvalue weighted by Gasteiger charge is -2.12. The number of hydrogen-bond donors (Lipinski definition) is 2. The number of alkyl halides is 3. The molecule has 1 aromatic heterocycles. The standard InChI is InChI=1S/C11H14BrF3N4O/c12-9-8(17-4-3-16-7-1-2-7)5-18-19(10(9)20)6-11(13,14)15/h5,7,16-17H,1-4,6H2. The highest BCUT2D eigenvalue weighted by atomic mass is 79.9. The third-order valence-corrected chi connectivity index (χ3v) is 3.53. The Labute approximate surface area is 121 Å². The second-order valence-corrected chi connectivity index (χ2v) is 5.40. The molecule has 0 aliphatic heterocycles. The van der Waals surface area contributed by atoms with E-state index in [1.165, 1.54) is 19.0 Å². The van der Waals surface area contributed by atoms with Crippen LogP contribution in [-0.2, 0) is 6.54 Å². The van der Waals surface area contributed by atoms with E-state index in [9.17, 15) is 18.0 Å². The van der Waals surface area contributed by atoms with Crippen LogP contribution in [0.2, 0.25) is 0 Å². The van der Waals surface area contributed by atoms with Crippen LogP contribution < -0.4 is 16.2 Å². The van der Waals surface area contributed by atoms with Crippen molar-refractivity contribution in [2.45, 2.75) is 31.6 Å². The van der Waals surface area contributed by atoms with Gasteiger partial charge in [0.25, 0.3) is 5.56 Å². The van der Waals surface area contributed by atoms with Crippen LogP contribution >= 0.6 is 15.9 Å². The van der Waals surface area contributed by atoms with Crippen LogP contribution in [0.1, 0.15) is 12.8 Å². The second-order valence-electron chi connectivity index (χ2n) is 4.61. The fourth-order valence-electron chi connectivity index (χ4n) is 1.63. The Bertz CT molecular complexity index is 527. The molecule has 0 bridgehead atoms. The first-order chi connectivity index (χ1) is 9.37. The molecular formula is C11H14BrF3N4O. The SMILES string of the molecule is O=c1c(Br)c(NCCNC2CC2)cnn1CC(F)(F)F. The van der Waals surface area contributed by atoms with Gasteiger partial charge in [-0.3, -0.25) is 4.79 Å². The lowest BCUT2D eigenvalue weighted by Crippen LogP contribution is -2.31. The van der Waals surface area contributed by atoms with Crippen molar-refractivity contribution in [3.63, 3.8) is 0 Å². The van der Waals surface area contributed by atoms with Crippen molar-refractivity contribution in [1.82, 2.24) is 15.1 Å². The Morgan fingerprint density at radius 3 is 2.70 bits per heavy atom. The second kappa shape index (κ2) is 6.13. The lowest BCUT2D eigenvalue weighted by atomic mass is 10.4. The van der Waals surface area contributed by atoms with Crippen molar-refractivity contribution in [2.24, 2.45) is 0 Å². The van der Waals surface area contributed by atoms with Crippen LogP contribution in [0.5, 0.6) is 0 Å². The van der Waals surface area contributed by atoms with Gasteiger partial charge in [0, 0.05) is 19.1 Å². The summed E-state index contributed by atoms with van der Waals surface area (Å²) in [4.78, 5) is 11.7. The van der Waals surface area contributed by atoms with Crippen molar-refractivity contribution in [1.29, 1.82) is 0 Å². The maximum absolute atomic E-state index is 12.2. The van der Waals surface area contributed by atoms with Crippen LogP contribution in [-0.4, -0.2) is 35.1 Å². The average molecular weight is 355 g/mol. The fraction of sp³-hybridized carbons (Fsp3) is 0.636. The summed E-state index contributed by atoms with van der Waals surface area (Å²) < 4.78 is 37.2. The topological polar surface area (TPSA) is 59.0 Å². The average Bonchev–Trinajstić information content (AvgIpc) is 3.15. The summed E-state index contributed by atoms with van der Waals surface area (Å²) in [7, 11) is 0. The Morgan fingerprint density at radius 1 is 1.40 bits per heavy atom. The first kappa shape index (κ1) is 15.3. The van der Waals surface area contributed by atoms with E-state index in [0.29, 0.717) is 23.0 Å². The van der Waals surface area contributed by atoms with Crippen LogP contribution in [0, 0.1) is 0 Å². The van der Waals surface area contributed by atoms with Gasteiger partial charge >= 0.3 is 6.18 Å². The molecular weight excluding hydrogens is 341 g/mol. The molecule has 1 aliphatic carbocycles. The monoisotopic (exact) mass is 354 g/mol. The van der Waals surface area contributed by atoms with Crippen molar-refractivity contribution in [3.05, 3.63) is 21.0 Å². The smallest absolute Gasteiger partial charge is 0.381 e. The van der Waals surface area contributed by atoms with E-state index in [2.05, 4.69) is 31.7 Å². The zero-order valence-electron chi connectivity index (χ0n) is 10.5. The van der Waals surface area contributed by atoms with Crippen molar-refractivity contribution in [2.75, 3.05) is 18.4 Å². The summed E-state index contributed by atoms with van der Waals surface area (Å²) >= 11 is 3.01. The highest BCUT2D eigenvalue weighted by molar-refractivity contribution is 9.10. The molecule has 5 nitrogen and oxygen atoms in total. The van der Waals surface area contributed by atoms with E-state index < -0.39 is 18.3 Å². The van der Waals surface area contributed by atoms with Crippen molar-refractivity contribution >= 4 is 21.6 Å². The molecule has 0 amide bonds. The predicted molar refractivity (Wildman–Crippen MR) is 71.8 cm³/mol.